The van der Waals surface area contributed by atoms with E-state index in [-0.39, 0.29) is 5.91 Å². The van der Waals surface area contributed by atoms with Crippen molar-refractivity contribution >= 4 is 11.6 Å². The number of rotatable bonds is 3. The molecule has 0 spiro atoms. The van der Waals surface area contributed by atoms with Crippen LogP contribution < -0.4 is 4.90 Å². The maximum absolute atomic E-state index is 11.9. The number of hydrogen-bond acceptors (Lipinski definition) is 3. The molecule has 0 aliphatic carbocycles. The largest absolute Gasteiger partial charge is 0.312 e. The minimum Gasteiger partial charge on any atom is -0.312 e. The van der Waals surface area contributed by atoms with Crippen LogP contribution in [-0.2, 0) is 24.1 Å². The highest BCUT2D eigenvalue weighted by molar-refractivity contribution is 5.95. The van der Waals surface area contributed by atoms with E-state index in [9.17, 15) is 4.79 Å². The lowest BCUT2D eigenvalue weighted by Gasteiger charge is -2.16. The van der Waals surface area contributed by atoms with Crippen LogP contribution >= 0.6 is 0 Å². The first-order valence-corrected chi connectivity index (χ1v) is 9.36. The van der Waals surface area contributed by atoms with Crippen LogP contribution in [0.25, 0.3) is 5.69 Å². The molecule has 1 amide bonds. The third kappa shape index (κ3) is 2.97. The van der Waals surface area contributed by atoms with Gasteiger partial charge in [-0.25, -0.2) is 4.68 Å². The predicted octanol–water partition coefficient (Wildman–Crippen LogP) is 2.59. The molecule has 5 heteroatoms. The maximum Gasteiger partial charge on any atom is 0.227 e. The van der Waals surface area contributed by atoms with Gasteiger partial charge in [-0.2, -0.15) is 5.10 Å². The first-order valence-electron chi connectivity index (χ1n) is 9.36. The van der Waals surface area contributed by atoms with Crippen molar-refractivity contribution in [3.05, 3.63) is 41.2 Å². The number of benzene rings is 1. The summed E-state index contributed by atoms with van der Waals surface area (Å²) >= 11 is 0. The van der Waals surface area contributed by atoms with Gasteiger partial charge in [-0.05, 0) is 56.1 Å². The second kappa shape index (κ2) is 6.64. The number of carbonyl (C=O) groups excluding carboxylic acids is 1. The Morgan fingerprint density at radius 3 is 2.40 bits per heavy atom. The smallest absolute Gasteiger partial charge is 0.227 e. The van der Waals surface area contributed by atoms with Crippen molar-refractivity contribution in [2.45, 2.75) is 39.0 Å². The van der Waals surface area contributed by atoms with Gasteiger partial charge in [0.05, 0.1) is 11.4 Å². The molecule has 1 aromatic heterocycles. The zero-order valence-corrected chi connectivity index (χ0v) is 15.2. The van der Waals surface area contributed by atoms with Crippen molar-refractivity contribution < 1.29 is 4.79 Å². The zero-order chi connectivity index (χ0) is 17.4. The van der Waals surface area contributed by atoms with Crippen LogP contribution in [0.5, 0.6) is 0 Å². The number of anilines is 1. The van der Waals surface area contributed by atoms with Crippen molar-refractivity contribution in [3.63, 3.8) is 0 Å². The molecule has 0 bridgehead atoms. The first kappa shape index (κ1) is 16.3. The second-order valence-electron chi connectivity index (χ2n) is 7.11. The van der Waals surface area contributed by atoms with E-state index < -0.39 is 0 Å². The summed E-state index contributed by atoms with van der Waals surface area (Å²) < 4.78 is 2.12. The molecule has 0 N–H and O–H groups in total. The summed E-state index contributed by atoms with van der Waals surface area (Å²) in [5.74, 6) is 0.233. The van der Waals surface area contributed by atoms with Gasteiger partial charge in [0.2, 0.25) is 5.91 Å². The summed E-state index contributed by atoms with van der Waals surface area (Å²) in [7, 11) is 2.18. The number of fused-ring (bicyclic) bond motifs is 1. The van der Waals surface area contributed by atoms with Crippen LogP contribution in [0, 0.1) is 0 Å². The first-order chi connectivity index (χ1) is 12.2. The number of likely N-dealkylation sites (N-methyl/N-ethyl adjacent to an activating group) is 1. The summed E-state index contributed by atoms with van der Waals surface area (Å²) in [4.78, 5) is 16.2. The molecule has 0 saturated carbocycles. The van der Waals surface area contributed by atoms with Crippen molar-refractivity contribution in [2.75, 3.05) is 31.6 Å². The van der Waals surface area contributed by atoms with E-state index in [2.05, 4.69) is 47.8 Å². The highest BCUT2D eigenvalue weighted by Gasteiger charge is 2.23. The molecule has 2 aliphatic heterocycles. The summed E-state index contributed by atoms with van der Waals surface area (Å²) in [5, 5.41) is 4.94. The van der Waals surface area contributed by atoms with Gasteiger partial charge >= 0.3 is 0 Å². The number of hydrogen-bond donors (Lipinski definition) is 0. The lowest BCUT2D eigenvalue weighted by Crippen LogP contribution is -2.23. The minimum absolute atomic E-state index is 0.233. The second-order valence-corrected chi connectivity index (χ2v) is 7.11. The van der Waals surface area contributed by atoms with Crippen LogP contribution in [0.2, 0.25) is 0 Å². The van der Waals surface area contributed by atoms with Crippen molar-refractivity contribution in [1.82, 2.24) is 14.7 Å². The molecule has 5 nitrogen and oxygen atoms in total. The van der Waals surface area contributed by atoms with Gasteiger partial charge < -0.3 is 9.80 Å². The van der Waals surface area contributed by atoms with E-state index in [1.807, 2.05) is 4.90 Å². The van der Waals surface area contributed by atoms with Crippen LogP contribution in [0.3, 0.4) is 0 Å². The molecule has 4 rings (SSSR count). The number of carbonyl (C=O) groups is 1. The molecular weight excluding hydrogens is 312 g/mol. The SMILES string of the molecule is CCc1c2c(nn1-c1ccc(N3CCCC3=O)cc1)CCN(C)CC2. The Balaban J connectivity index is 1.66. The van der Waals surface area contributed by atoms with Crippen LogP contribution in [0.4, 0.5) is 5.69 Å². The third-order valence-electron chi connectivity index (χ3n) is 5.46. The number of amides is 1. The Bertz CT molecular complexity index is 778. The number of aromatic nitrogens is 2. The van der Waals surface area contributed by atoms with E-state index in [1.165, 1.54) is 17.0 Å². The average Bonchev–Trinajstić information content (AvgIpc) is 3.16. The Morgan fingerprint density at radius 2 is 1.72 bits per heavy atom. The quantitative estimate of drug-likeness (QED) is 0.864. The van der Waals surface area contributed by atoms with E-state index in [4.69, 9.17) is 5.10 Å². The molecule has 0 unspecified atom stereocenters. The Morgan fingerprint density at radius 1 is 1.00 bits per heavy atom. The average molecular weight is 338 g/mol. The van der Waals surface area contributed by atoms with Gasteiger partial charge in [0.15, 0.2) is 0 Å². The topological polar surface area (TPSA) is 41.4 Å². The molecular formula is C20H26N4O. The molecule has 1 fully saturated rings. The third-order valence-corrected chi connectivity index (χ3v) is 5.46. The highest BCUT2D eigenvalue weighted by atomic mass is 16.2. The standard InChI is InChI=1S/C20H26N4O/c1-3-19-17-10-13-22(2)14-11-18(17)21-24(19)16-8-6-15(7-9-16)23-12-4-5-20(23)25/h6-9H,3-5,10-14H2,1-2H3. The fourth-order valence-corrected chi connectivity index (χ4v) is 4.01. The van der Waals surface area contributed by atoms with Gasteiger partial charge in [-0.3, -0.25) is 4.79 Å². The van der Waals surface area contributed by atoms with Crippen LogP contribution in [-0.4, -0.2) is 47.3 Å². The molecule has 0 radical (unpaired) electrons. The van der Waals surface area contributed by atoms with E-state index in [0.29, 0.717) is 6.42 Å². The van der Waals surface area contributed by atoms with E-state index in [0.717, 1.165) is 56.7 Å². The molecule has 1 aromatic carbocycles. The van der Waals surface area contributed by atoms with Gasteiger partial charge in [0.25, 0.3) is 0 Å². The Labute approximate surface area is 149 Å². The molecule has 0 atom stereocenters. The number of nitrogens with zero attached hydrogens (tertiary/aromatic N) is 4. The lowest BCUT2D eigenvalue weighted by atomic mass is 10.1. The van der Waals surface area contributed by atoms with E-state index >= 15 is 0 Å². The molecule has 25 heavy (non-hydrogen) atoms. The van der Waals surface area contributed by atoms with Crippen molar-refractivity contribution in [1.29, 1.82) is 0 Å². The van der Waals surface area contributed by atoms with Gasteiger partial charge in [-0.15, -0.1) is 0 Å². The summed E-state index contributed by atoms with van der Waals surface area (Å²) in [6.45, 7) is 5.21. The Kier molecular flexibility index (Phi) is 4.34. The fraction of sp³-hybridized carbons (Fsp3) is 0.500. The predicted molar refractivity (Wildman–Crippen MR) is 99.4 cm³/mol. The van der Waals surface area contributed by atoms with Crippen LogP contribution in [0.15, 0.2) is 24.3 Å². The summed E-state index contributed by atoms with van der Waals surface area (Å²) in [6, 6.07) is 8.30. The zero-order valence-electron chi connectivity index (χ0n) is 15.2. The van der Waals surface area contributed by atoms with Crippen molar-refractivity contribution in [3.8, 4) is 5.69 Å². The molecule has 3 heterocycles. The molecule has 2 aliphatic rings. The summed E-state index contributed by atoms with van der Waals surface area (Å²) in [6.07, 6.45) is 4.71. The van der Waals surface area contributed by atoms with Crippen LogP contribution in [0.1, 0.15) is 36.7 Å². The van der Waals surface area contributed by atoms with Gasteiger partial charge in [0.1, 0.15) is 0 Å². The monoisotopic (exact) mass is 338 g/mol. The van der Waals surface area contributed by atoms with Crippen molar-refractivity contribution in [2.24, 2.45) is 0 Å². The Hall–Kier alpha value is -2.14. The maximum atomic E-state index is 11.9. The van der Waals surface area contributed by atoms with Gasteiger partial charge in [0, 0.05) is 43.9 Å². The fourth-order valence-electron chi connectivity index (χ4n) is 4.01. The minimum atomic E-state index is 0.233. The van der Waals surface area contributed by atoms with E-state index in [1.54, 1.807) is 0 Å². The van der Waals surface area contributed by atoms with Gasteiger partial charge in [-0.1, -0.05) is 6.92 Å². The molecule has 1 saturated heterocycles. The highest BCUT2D eigenvalue weighted by Crippen LogP contribution is 2.26. The molecule has 2 aromatic rings. The lowest BCUT2D eigenvalue weighted by molar-refractivity contribution is -0.117. The molecule has 132 valence electrons. The normalized spacial score (nSPS) is 18.5. The summed E-state index contributed by atoms with van der Waals surface area (Å²) in [5.41, 5.74) is 6.11.